The van der Waals surface area contributed by atoms with Crippen LogP contribution in [0.15, 0.2) is 24.3 Å². The van der Waals surface area contributed by atoms with Crippen molar-refractivity contribution in [3.8, 4) is 5.75 Å². The number of nitrogens with one attached hydrogen (secondary N) is 1. The van der Waals surface area contributed by atoms with Crippen molar-refractivity contribution in [2.45, 2.75) is 26.0 Å². The summed E-state index contributed by atoms with van der Waals surface area (Å²) in [6.45, 7) is 3.26. The lowest BCUT2D eigenvalue weighted by atomic mass is 10.1. The van der Waals surface area contributed by atoms with Crippen LogP contribution in [0.5, 0.6) is 5.75 Å². The summed E-state index contributed by atoms with van der Waals surface area (Å²) in [4.78, 5) is 22.5. The Balaban J connectivity index is 2.68. The molecule has 1 unspecified atom stereocenters. The number of carbonyl (C=O) groups excluding carboxylic acids is 1. The Morgan fingerprint density at radius 1 is 1.35 bits per heavy atom. The summed E-state index contributed by atoms with van der Waals surface area (Å²) in [6, 6.07) is 6.23. The van der Waals surface area contributed by atoms with Crippen LogP contribution in [0.25, 0.3) is 0 Å². The zero-order valence-electron chi connectivity index (χ0n) is 11.8. The van der Waals surface area contributed by atoms with Crippen LogP contribution >= 0.6 is 0 Å². The molecule has 1 aromatic carbocycles. The maximum absolute atomic E-state index is 12.0. The number of ether oxygens (including phenoxy) is 2. The van der Waals surface area contributed by atoms with Gasteiger partial charge in [0.2, 0.25) is 0 Å². The molecule has 0 fully saturated rings. The van der Waals surface area contributed by atoms with Crippen LogP contribution in [0.1, 0.15) is 24.2 Å². The van der Waals surface area contributed by atoms with Gasteiger partial charge in [-0.2, -0.15) is 0 Å². The summed E-state index contributed by atoms with van der Waals surface area (Å²) in [5.74, 6) is -0.989. The van der Waals surface area contributed by atoms with Crippen molar-refractivity contribution in [3.63, 3.8) is 0 Å². The van der Waals surface area contributed by atoms with E-state index in [4.69, 9.17) is 14.6 Å². The van der Waals surface area contributed by atoms with E-state index in [-0.39, 0.29) is 18.1 Å². The van der Waals surface area contributed by atoms with Crippen LogP contribution in [-0.2, 0) is 9.53 Å². The van der Waals surface area contributed by atoms with Gasteiger partial charge in [0.15, 0.2) is 6.61 Å². The Bertz CT molecular complexity index is 474. The first-order valence-electron chi connectivity index (χ1n) is 6.22. The average molecular weight is 281 g/mol. The van der Waals surface area contributed by atoms with Gasteiger partial charge < -0.3 is 19.9 Å². The van der Waals surface area contributed by atoms with Gasteiger partial charge in [-0.05, 0) is 32.0 Å². The van der Waals surface area contributed by atoms with Gasteiger partial charge in [-0.25, -0.2) is 4.79 Å². The monoisotopic (exact) mass is 281 g/mol. The first kappa shape index (κ1) is 16.0. The number of benzene rings is 1. The number of carboxylic acid groups (broad SMARTS) is 1. The van der Waals surface area contributed by atoms with E-state index in [0.717, 1.165) is 0 Å². The van der Waals surface area contributed by atoms with Gasteiger partial charge >= 0.3 is 5.97 Å². The fraction of sp³-hybridized carbons (Fsp3) is 0.429. The van der Waals surface area contributed by atoms with E-state index < -0.39 is 12.6 Å². The second-order valence-electron chi connectivity index (χ2n) is 4.41. The van der Waals surface area contributed by atoms with Crippen LogP contribution in [0, 0.1) is 0 Å². The summed E-state index contributed by atoms with van der Waals surface area (Å²) in [6.07, 6.45) is -0.106. The lowest BCUT2D eigenvalue weighted by molar-refractivity contribution is -0.139. The van der Waals surface area contributed by atoms with Gasteiger partial charge in [0.05, 0.1) is 12.1 Å². The van der Waals surface area contributed by atoms with Gasteiger partial charge in [0, 0.05) is 12.7 Å². The first-order valence-corrected chi connectivity index (χ1v) is 6.22. The van der Waals surface area contributed by atoms with Crippen LogP contribution in [0.2, 0.25) is 0 Å². The summed E-state index contributed by atoms with van der Waals surface area (Å²) in [5, 5.41) is 11.3. The molecule has 0 heterocycles. The summed E-state index contributed by atoms with van der Waals surface area (Å²) >= 11 is 0. The van der Waals surface area contributed by atoms with E-state index in [0.29, 0.717) is 11.3 Å². The Hall–Kier alpha value is -2.08. The standard InChI is InChI=1S/C14H19NO5/c1-9(10(2)19-3)15-14(18)11-5-4-6-12(7-11)20-8-13(16)17/h4-7,9-10H,8H2,1-3H3,(H,15,18)(H,16,17)/t9-,10?/m0/s1. The fourth-order valence-electron chi connectivity index (χ4n) is 1.48. The van der Waals surface area contributed by atoms with Crippen molar-refractivity contribution in [2.75, 3.05) is 13.7 Å². The van der Waals surface area contributed by atoms with E-state index in [1.807, 2.05) is 13.8 Å². The molecule has 6 nitrogen and oxygen atoms in total. The highest BCUT2D eigenvalue weighted by Gasteiger charge is 2.15. The third kappa shape index (κ3) is 4.89. The number of methoxy groups -OCH3 is 1. The number of hydrogen-bond donors (Lipinski definition) is 2. The van der Waals surface area contributed by atoms with Gasteiger partial charge in [-0.1, -0.05) is 6.07 Å². The predicted molar refractivity (Wildman–Crippen MR) is 73.0 cm³/mol. The number of aliphatic carboxylic acids is 1. The van der Waals surface area contributed by atoms with Crippen LogP contribution < -0.4 is 10.1 Å². The quantitative estimate of drug-likeness (QED) is 0.787. The van der Waals surface area contributed by atoms with Crippen molar-refractivity contribution in [1.82, 2.24) is 5.32 Å². The van der Waals surface area contributed by atoms with Gasteiger partial charge in [-0.15, -0.1) is 0 Å². The molecule has 0 aliphatic rings. The smallest absolute Gasteiger partial charge is 0.341 e. The third-order valence-corrected chi connectivity index (χ3v) is 2.89. The summed E-state index contributed by atoms with van der Waals surface area (Å²) in [5.41, 5.74) is 0.406. The molecule has 2 N–H and O–H groups in total. The van der Waals surface area contributed by atoms with E-state index in [9.17, 15) is 9.59 Å². The molecule has 6 heteroatoms. The number of carboxylic acids is 1. The second-order valence-corrected chi connectivity index (χ2v) is 4.41. The maximum Gasteiger partial charge on any atom is 0.341 e. The molecule has 1 amide bonds. The Morgan fingerprint density at radius 3 is 2.65 bits per heavy atom. The largest absolute Gasteiger partial charge is 0.482 e. The van der Waals surface area contributed by atoms with Crippen LogP contribution in [-0.4, -0.2) is 42.8 Å². The maximum atomic E-state index is 12.0. The molecule has 1 rings (SSSR count). The van der Waals surface area contributed by atoms with Crippen molar-refractivity contribution in [3.05, 3.63) is 29.8 Å². The minimum absolute atomic E-state index is 0.106. The highest BCUT2D eigenvalue weighted by Crippen LogP contribution is 2.13. The molecule has 0 aliphatic heterocycles. The van der Waals surface area contributed by atoms with Crippen LogP contribution in [0.4, 0.5) is 0 Å². The molecule has 2 atom stereocenters. The zero-order chi connectivity index (χ0) is 15.1. The zero-order valence-corrected chi connectivity index (χ0v) is 11.8. The highest BCUT2D eigenvalue weighted by molar-refractivity contribution is 5.94. The van der Waals surface area contributed by atoms with Gasteiger partial charge in [-0.3, -0.25) is 4.79 Å². The lowest BCUT2D eigenvalue weighted by Gasteiger charge is -2.20. The molecule has 0 spiro atoms. The Kier molecular flexibility index (Phi) is 5.99. The predicted octanol–water partition coefficient (Wildman–Crippen LogP) is 1.30. The average Bonchev–Trinajstić information content (AvgIpc) is 2.44. The number of hydrogen-bond acceptors (Lipinski definition) is 4. The Labute approximate surface area is 117 Å². The minimum atomic E-state index is -1.07. The molecule has 0 aromatic heterocycles. The number of carbonyl (C=O) groups is 2. The first-order chi connectivity index (χ1) is 9.43. The molecule has 1 aromatic rings. The third-order valence-electron chi connectivity index (χ3n) is 2.89. The Morgan fingerprint density at radius 2 is 2.05 bits per heavy atom. The summed E-state index contributed by atoms with van der Waals surface area (Å²) in [7, 11) is 1.58. The fourth-order valence-corrected chi connectivity index (χ4v) is 1.48. The van der Waals surface area contributed by atoms with Gasteiger partial charge in [0.1, 0.15) is 5.75 Å². The van der Waals surface area contributed by atoms with E-state index >= 15 is 0 Å². The van der Waals surface area contributed by atoms with Crippen LogP contribution in [0.3, 0.4) is 0 Å². The molecule has 0 aliphatic carbocycles. The second kappa shape index (κ2) is 7.49. The minimum Gasteiger partial charge on any atom is -0.482 e. The van der Waals surface area contributed by atoms with E-state index in [1.165, 1.54) is 6.07 Å². The van der Waals surface area contributed by atoms with E-state index in [1.54, 1.807) is 25.3 Å². The normalized spacial score (nSPS) is 13.3. The van der Waals surface area contributed by atoms with Crippen molar-refractivity contribution < 1.29 is 24.2 Å². The lowest BCUT2D eigenvalue weighted by Crippen LogP contribution is -2.40. The van der Waals surface area contributed by atoms with Crippen molar-refractivity contribution >= 4 is 11.9 Å². The number of rotatable bonds is 7. The molecule has 0 saturated carbocycles. The molecule has 20 heavy (non-hydrogen) atoms. The highest BCUT2D eigenvalue weighted by atomic mass is 16.5. The SMILES string of the molecule is COC(C)[C@H](C)NC(=O)c1cccc(OCC(=O)O)c1. The molecular formula is C14H19NO5. The topological polar surface area (TPSA) is 84.9 Å². The molecular weight excluding hydrogens is 262 g/mol. The molecule has 0 radical (unpaired) electrons. The number of amides is 1. The molecule has 110 valence electrons. The molecule has 0 saturated heterocycles. The van der Waals surface area contributed by atoms with Crippen molar-refractivity contribution in [1.29, 1.82) is 0 Å². The summed E-state index contributed by atoms with van der Waals surface area (Å²) < 4.78 is 10.2. The van der Waals surface area contributed by atoms with Gasteiger partial charge in [0.25, 0.3) is 5.91 Å². The van der Waals surface area contributed by atoms with Crippen molar-refractivity contribution in [2.24, 2.45) is 0 Å². The molecule has 0 bridgehead atoms. The van der Waals surface area contributed by atoms with E-state index in [2.05, 4.69) is 5.32 Å².